The van der Waals surface area contributed by atoms with Crippen LogP contribution in [0.2, 0.25) is 0 Å². The van der Waals surface area contributed by atoms with Crippen molar-refractivity contribution in [1.29, 1.82) is 0 Å². The molecule has 0 N–H and O–H groups in total. The molecule has 1 fully saturated rings. The fraction of sp³-hybridized carbons (Fsp3) is 0.667. The summed E-state index contributed by atoms with van der Waals surface area (Å²) in [6, 6.07) is 0. The van der Waals surface area contributed by atoms with Crippen molar-refractivity contribution in [1.82, 2.24) is 0 Å². The Balaban J connectivity index is 2.14. The summed E-state index contributed by atoms with van der Waals surface area (Å²) in [6.07, 6.45) is 20.4. The number of esters is 1. The largest absolute Gasteiger partial charge is 0.466 e. The fourth-order valence-electron chi connectivity index (χ4n) is 3.48. The minimum absolute atomic E-state index is 0.296. The Hall–Kier alpha value is -1.49. The fourth-order valence-corrected chi connectivity index (χ4v) is 3.48. The highest BCUT2D eigenvalue weighted by molar-refractivity contribution is 5.82. The smallest absolute Gasteiger partial charge is 0.330 e. The van der Waals surface area contributed by atoms with Crippen LogP contribution in [-0.2, 0) is 9.53 Å². The lowest BCUT2D eigenvalue weighted by molar-refractivity contribution is -0.134. The van der Waals surface area contributed by atoms with Gasteiger partial charge >= 0.3 is 5.97 Å². The zero-order valence-corrected chi connectivity index (χ0v) is 14.9. The number of ether oxygens (including phenoxy) is 1. The molecule has 0 aromatic heterocycles. The van der Waals surface area contributed by atoms with E-state index >= 15 is 0 Å². The molecule has 0 amide bonds. The van der Waals surface area contributed by atoms with Crippen molar-refractivity contribution < 1.29 is 9.53 Å². The van der Waals surface area contributed by atoms with Crippen LogP contribution in [0.1, 0.15) is 71.1 Å². The minimum atomic E-state index is -0.296. The van der Waals surface area contributed by atoms with E-state index in [1.807, 2.05) is 13.0 Å². The van der Waals surface area contributed by atoms with Crippen LogP contribution in [0.3, 0.4) is 0 Å². The van der Waals surface area contributed by atoms with Crippen molar-refractivity contribution in [3.05, 3.63) is 24.3 Å². The SMILES string of the molecule is CC#CCCCCC[C@H]1CCC[C@@H]1CC/C=C/C=C/C(=O)OC. The Morgan fingerprint density at radius 2 is 1.91 bits per heavy atom. The van der Waals surface area contributed by atoms with Crippen LogP contribution in [0.4, 0.5) is 0 Å². The molecule has 0 unspecified atom stereocenters. The lowest BCUT2D eigenvalue weighted by Gasteiger charge is -2.18. The third kappa shape index (κ3) is 9.29. The first-order chi connectivity index (χ1) is 11.3. The first-order valence-electron chi connectivity index (χ1n) is 9.08. The summed E-state index contributed by atoms with van der Waals surface area (Å²) in [4.78, 5) is 10.9. The Morgan fingerprint density at radius 1 is 1.13 bits per heavy atom. The van der Waals surface area contributed by atoms with Gasteiger partial charge < -0.3 is 4.74 Å². The predicted octanol–water partition coefficient (Wildman–Crippen LogP) is 5.44. The molecule has 23 heavy (non-hydrogen) atoms. The second-order valence-electron chi connectivity index (χ2n) is 6.36. The molecule has 0 radical (unpaired) electrons. The van der Waals surface area contributed by atoms with Crippen molar-refractivity contribution in [3.8, 4) is 11.8 Å². The van der Waals surface area contributed by atoms with Gasteiger partial charge in [-0.1, -0.05) is 56.8 Å². The first kappa shape index (κ1) is 19.6. The highest BCUT2D eigenvalue weighted by atomic mass is 16.5. The topological polar surface area (TPSA) is 26.3 Å². The summed E-state index contributed by atoms with van der Waals surface area (Å²) in [6.45, 7) is 1.92. The minimum Gasteiger partial charge on any atom is -0.466 e. The third-order valence-electron chi connectivity index (χ3n) is 4.75. The van der Waals surface area contributed by atoms with Gasteiger partial charge in [0, 0.05) is 12.5 Å². The van der Waals surface area contributed by atoms with Gasteiger partial charge in [-0.05, 0) is 38.0 Å². The molecule has 0 aromatic carbocycles. The highest BCUT2D eigenvalue weighted by Crippen LogP contribution is 2.38. The second kappa shape index (κ2) is 13.0. The Labute approximate surface area is 142 Å². The van der Waals surface area contributed by atoms with E-state index in [1.165, 1.54) is 64.6 Å². The molecule has 0 bridgehead atoms. The lowest BCUT2D eigenvalue weighted by Crippen LogP contribution is -2.07. The molecule has 2 nitrogen and oxygen atoms in total. The summed E-state index contributed by atoms with van der Waals surface area (Å²) in [7, 11) is 1.40. The Bertz CT molecular complexity index is 436. The Morgan fingerprint density at radius 3 is 2.65 bits per heavy atom. The van der Waals surface area contributed by atoms with Gasteiger partial charge in [0.15, 0.2) is 0 Å². The summed E-state index contributed by atoms with van der Waals surface area (Å²) in [5, 5.41) is 0. The van der Waals surface area contributed by atoms with Gasteiger partial charge in [-0.15, -0.1) is 11.8 Å². The van der Waals surface area contributed by atoms with Crippen molar-refractivity contribution in [3.63, 3.8) is 0 Å². The molecule has 0 spiro atoms. The maximum absolute atomic E-state index is 10.9. The normalized spacial score (nSPS) is 20.8. The summed E-state index contributed by atoms with van der Waals surface area (Å²) >= 11 is 0. The van der Waals surface area contributed by atoms with Crippen LogP contribution >= 0.6 is 0 Å². The number of hydrogen-bond donors (Lipinski definition) is 0. The molecule has 128 valence electrons. The van der Waals surface area contributed by atoms with Crippen LogP contribution in [0.25, 0.3) is 0 Å². The highest BCUT2D eigenvalue weighted by Gasteiger charge is 2.25. The van der Waals surface area contributed by atoms with Crippen LogP contribution in [0.15, 0.2) is 24.3 Å². The van der Waals surface area contributed by atoms with Crippen LogP contribution in [0.5, 0.6) is 0 Å². The van der Waals surface area contributed by atoms with Crippen LogP contribution in [-0.4, -0.2) is 13.1 Å². The number of rotatable bonds is 10. The number of carbonyl (C=O) groups excluding carboxylic acids is 1. The predicted molar refractivity (Wildman–Crippen MR) is 96.9 cm³/mol. The second-order valence-corrected chi connectivity index (χ2v) is 6.36. The monoisotopic (exact) mass is 316 g/mol. The average molecular weight is 316 g/mol. The maximum Gasteiger partial charge on any atom is 0.330 e. The molecule has 2 atom stereocenters. The quantitative estimate of drug-likeness (QED) is 0.176. The van der Waals surface area contributed by atoms with Crippen molar-refractivity contribution >= 4 is 5.97 Å². The molecular weight excluding hydrogens is 284 g/mol. The molecule has 1 saturated carbocycles. The number of unbranched alkanes of at least 4 members (excludes halogenated alkanes) is 3. The zero-order valence-electron chi connectivity index (χ0n) is 14.9. The molecule has 1 rings (SSSR count). The first-order valence-corrected chi connectivity index (χ1v) is 9.08. The molecule has 1 aliphatic carbocycles. The summed E-state index contributed by atoms with van der Waals surface area (Å²) in [5.41, 5.74) is 0. The molecule has 1 aliphatic rings. The summed E-state index contributed by atoms with van der Waals surface area (Å²) in [5.74, 6) is 7.66. The molecule has 0 heterocycles. The van der Waals surface area contributed by atoms with Gasteiger partial charge in [0.25, 0.3) is 0 Å². The van der Waals surface area contributed by atoms with E-state index in [2.05, 4.69) is 22.7 Å². The van der Waals surface area contributed by atoms with E-state index in [1.54, 1.807) is 6.08 Å². The van der Waals surface area contributed by atoms with E-state index in [4.69, 9.17) is 0 Å². The van der Waals surface area contributed by atoms with Crippen molar-refractivity contribution in [2.75, 3.05) is 7.11 Å². The number of hydrogen-bond acceptors (Lipinski definition) is 2. The average Bonchev–Trinajstić information content (AvgIpc) is 3.01. The van der Waals surface area contributed by atoms with E-state index < -0.39 is 0 Å². The van der Waals surface area contributed by atoms with E-state index in [-0.39, 0.29) is 5.97 Å². The Kier molecular flexibility index (Phi) is 11.0. The molecule has 0 saturated heterocycles. The van der Waals surface area contributed by atoms with E-state index in [0.29, 0.717) is 0 Å². The molecule has 2 heteroatoms. The van der Waals surface area contributed by atoms with Gasteiger partial charge in [-0.25, -0.2) is 4.79 Å². The zero-order chi connectivity index (χ0) is 16.8. The molecule has 0 aromatic rings. The van der Waals surface area contributed by atoms with Gasteiger partial charge in [0.1, 0.15) is 0 Å². The summed E-state index contributed by atoms with van der Waals surface area (Å²) < 4.78 is 4.55. The molecule has 0 aliphatic heterocycles. The standard InChI is InChI=1S/C21H32O2/c1-3-4-5-6-7-10-14-19-16-13-17-20(19)15-11-8-9-12-18-21(22)23-2/h8-9,12,18-20H,5-7,10-11,13-17H2,1-2H3/b9-8+,18-12+/t19-,20-/m0/s1. The van der Waals surface area contributed by atoms with Crippen molar-refractivity contribution in [2.24, 2.45) is 11.8 Å². The van der Waals surface area contributed by atoms with Crippen LogP contribution in [0, 0.1) is 23.7 Å². The van der Waals surface area contributed by atoms with Gasteiger partial charge in [-0.3, -0.25) is 0 Å². The van der Waals surface area contributed by atoms with Gasteiger partial charge in [-0.2, -0.15) is 0 Å². The number of allylic oxidation sites excluding steroid dienone is 3. The molecular formula is C21H32O2. The van der Waals surface area contributed by atoms with Gasteiger partial charge in [0.05, 0.1) is 7.11 Å². The van der Waals surface area contributed by atoms with E-state index in [0.717, 1.165) is 24.7 Å². The van der Waals surface area contributed by atoms with E-state index in [9.17, 15) is 4.79 Å². The number of carbonyl (C=O) groups is 1. The van der Waals surface area contributed by atoms with Crippen LogP contribution < -0.4 is 0 Å². The lowest BCUT2D eigenvalue weighted by atomic mass is 9.87. The maximum atomic E-state index is 10.9. The van der Waals surface area contributed by atoms with Crippen molar-refractivity contribution in [2.45, 2.75) is 71.1 Å². The van der Waals surface area contributed by atoms with Gasteiger partial charge in [0.2, 0.25) is 0 Å². The third-order valence-corrected chi connectivity index (χ3v) is 4.75. The number of methoxy groups -OCH3 is 1.